The molecule has 2 bridgehead atoms. The molecule has 2 aliphatic heterocycles. The normalized spacial score (nSPS) is 29.4. The number of ether oxygens (including phenoxy) is 1. The molecule has 0 radical (unpaired) electrons. The van der Waals surface area contributed by atoms with Crippen LogP contribution in [-0.4, -0.2) is 35.2 Å². The standard InChI is InChI=1S/C16H21NO3/c1-20-15-6-2-11(3-7-15)10-17-13-4-5-14(17)9-12(8-13)16(18)19/h2-3,6-7,12-14H,4-5,8-10H2,1H3,(H,18,19). The Balaban J connectivity index is 1.68. The molecule has 2 heterocycles. The number of hydrogen-bond donors (Lipinski definition) is 1. The van der Waals surface area contributed by atoms with E-state index in [2.05, 4.69) is 17.0 Å². The Morgan fingerprint density at radius 2 is 1.85 bits per heavy atom. The Bertz CT molecular complexity index is 471. The number of aliphatic carboxylic acids is 1. The molecule has 0 spiro atoms. The molecule has 2 fully saturated rings. The van der Waals surface area contributed by atoms with Crippen molar-refractivity contribution < 1.29 is 14.6 Å². The summed E-state index contributed by atoms with van der Waals surface area (Å²) in [5, 5.41) is 9.20. The minimum absolute atomic E-state index is 0.139. The Labute approximate surface area is 119 Å². The van der Waals surface area contributed by atoms with Crippen molar-refractivity contribution in [1.29, 1.82) is 0 Å². The second-order valence-corrected chi connectivity index (χ2v) is 5.91. The minimum atomic E-state index is -0.619. The topological polar surface area (TPSA) is 49.8 Å². The Kier molecular flexibility index (Phi) is 3.66. The first kappa shape index (κ1) is 13.4. The van der Waals surface area contributed by atoms with Crippen molar-refractivity contribution in [3.05, 3.63) is 29.8 Å². The van der Waals surface area contributed by atoms with Crippen molar-refractivity contribution >= 4 is 5.97 Å². The van der Waals surface area contributed by atoms with Crippen LogP contribution in [0.2, 0.25) is 0 Å². The lowest BCUT2D eigenvalue weighted by Gasteiger charge is -2.37. The van der Waals surface area contributed by atoms with E-state index in [1.54, 1.807) is 7.11 Å². The lowest BCUT2D eigenvalue weighted by Crippen LogP contribution is -2.44. The monoisotopic (exact) mass is 275 g/mol. The molecule has 108 valence electrons. The second-order valence-electron chi connectivity index (χ2n) is 5.91. The number of piperidine rings is 1. The lowest BCUT2D eigenvalue weighted by atomic mass is 9.90. The largest absolute Gasteiger partial charge is 0.497 e. The molecule has 0 amide bonds. The minimum Gasteiger partial charge on any atom is -0.497 e. The molecule has 0 saturated carbocycles. The van der Waals surface area contributed by atoms with E-state index in [4.69, 9.17) is 4.74 Å². The first-order valence-electron chi connectivity index (χ1n) is 7.29. The van der Waals surface area contributed by atoms with Gasteiger partial charge < -0.3 is 9.84 Å². The molecular formula is C16H21NO3. The van der Waals surface area contributed by atoms with Crippen LogP contribution in [0.5, 0.6) is 5.75 Å². The van der Waals surface area contributed by atoms with Crippen LogP contribution in [0.1, 0.15) is 31.2 Å². The summed E-state index contributed by atoms with van der Waals surface area (Å²) in [7, 11) is 1.67. The highest BCUT2D eigenvalue weighted by Crippen LogP contribution is 2.39. The van der Waals surface area contributed by atoms with Gasteiger partial charge in [-0.1, -0.05) is 12.1 Å². The zero-order valence-electron chi connectivity index (χ0n) is 11.8. The average Bonchev–Trinajstić information content (AvgIpc) is 2.70. The van der Waals surface area contributed by atoms with Crippen LogP contribution in [-0.2, 0) is 11.3 Å². The van der Waals surface area contributed by atoms with Crippen LogP contribution in [0, 0.1) is 5.92 Å². The Hall–Kier alpha value is -1.55. The zero-order chi connectivity index (χ0) is 14.1. The van der Waals surface area contributed by atoms with Gasteiger partial charge in [0, 0.05) is 18.6 Å². The summed E-state index contributed by atoms with van der Waals surface area (Å²) in [5.41, 5.74) is 1.27. The summed E-state index contributed by atoms with van der Waals surface area (Å²) in [6, 6.07) is 9.06. The van der Waals surface area contributed by atoms with Gasteiger partial charge in [0.2, 0.25) is 0 Å². The summed E-state index contributed by atoms with van der Waals surface area (Å²) in [5.74, 6) is 0.118. The quantitative estimate of drug-likeness (QED) is 0.917. The van der Waals surface area contributed by atoms with Gasteiger partial charge in [0.15, 0.2) is 0 Å². The number of methoxy groups -OCH3 is 1. The first-order valence-corrected chi connectivity index (χ1v) is 7.29. The van der Waals surface area contributed by atoms with Gasteiger partial charge >= 0.3 is 5.97 Å². The molecule has 2 unspecified atom stereocenters. The summed E-state index contributed by atoms with van der Waals surface area (Å²) in [6.45, 7) is 0.922. The van der Waals surface area contributed by atoms with E-state index in [1.165, 1.54) is 5.56 Å². The molecule has 1 aromatic rings. The highest BCUT2D eigenvalue weighted by molar-refractivity contribution is 5.70. The van der Waals surface area contributed by atoms with Gasteiger partial charge in [-0.15, -0.1) is 0 Å². The van der Waals surface area contributed by atoms with Crippen molar-refractivity contribution in [2.24, 2.45) is 5.92 Å². The smallest absolute Gasteiger partial charge is 0.306 e. The van der Waals surface area contributed by atoms with Gasteiger partial charge in [0.25, 0.3) is 0 Å². The van der Waals surface area contributed by atoms with E-state index in [1.807, 2.05) is 12.1 Å². The Morgan fingerprint density at radius 3 is 2.35 bits per heavy atom. The third kappa shape index (κ3) is 2.52. The average molecular weight is 275 g/mol. The predicted molar refractivity (Wildman–Crippen MR) is 75.7 cm³/mol. The number of rotatable bonds is 4. The van der Waals surface area contributed by atoms with Crippen LogP contribution >= 0.6 is 0 Å². The van der Waals surface area contributed by atoms with Crippen molar-refractivity contribution in [2.45, 2.75) is 44.3 Å². The van der Waals surface area contributed by atoms with E-state index in [0.717, 1.165) is 38.0 Å². The van der Waals surface area contributed by atoms with E-state index in [9.17, 15) is 9.90 Å². The van der Waals surface area contributed by atoms with E-state index in [0.29, 0.717) is 12.1 Å². The number of carboxylic acid groups (broad SMARTS) is 1. The summed E-state index contributed by atoms with van der Waals surface area (Å²) >= 11 is 0. The molecule has 0 aliphatic carbocycles. The summed E-state index contributed by atoms with van der Waals surface area (Å²) < 4.78 is 5.18. The fourth-order valence-corrected chi connectivity index (χ4v) is 3.68. The van der Waals surface area contributed by atoms with Crippen LogP contribution < -0.4 is 4.74 Å². The molecule has 4 nitrogen and oxygen atoms in total. The number of fused-ring (bicyclic) bond motifs is 2. The third-order valence-corrected chi connectivity index (χ3v) is 4.76. The fraction of sp³-hybridized carbons (Fsp3) is 0.562. The van der Waals surface area contributed by atoms with Crippen molar-refractivity contribution in [1.82, 2.24) is 4.90 Å². The fourth-order valence-electron chi connectivity index (χ4n) is 3.68. The molecule has 1 N–H and O–H groups in total. The number of carboxylic acids is 1. The number of nitrogens with zero attached hydrogens (tertiary/aromatic N) is 1. The molecule has 0 aromatic heterocycles. The molecule has 20 heavy (non-hydrogen) atoms. The SMILES string of the molecule is COc1ccc(CN2C3CCC2CC(C(=O)O)C3)cc1. The van der Waals surface area contributed by atoms with Crippen molar-refractivity contribution in [3.8, 4) is 5.75 Å². The van der Waals surface area contributed by atoms with E-state index >= 15 is 0 Å². The molecule has 2 aliphatic rings. The molecule has 2 saturated heterocycles. The maximum absolute atomic E-state index is 11.2. The number of hydrogen-bond acceptors (Lipinski definition) is 3. The molecule has 3 rings (SSSR count). The third-order valence-electron chi connectivity index (χ3n) is 4.76. The molecular weight excluding hydrogens is 254 g/mol. The van der Waals surface area contributed by atoms with E-state index < -0.39 is 5.97 Å². The number of carbonyl (C=O) groups is 1. The Morgan fingerprint density at radius 1 is 1.25 bits per heavy atom. The van der Waals surface area contributed by atoms with Crippen LogP contribution in [0.3, 0.4) is 0 Å². The summed E-state index contributed by atoms with van der Waals surface area (Å²) in [4.78, 5) is 13.7. The van der Waals surface area contributed by atoms with Crippen molar-refractivity contribution in [3.63, 3.8) is 0 Å². The van der Waals surface area contributed by atoms with Gasteiger partial charge in [-0.05, 0) is 43.4 Å². The van der Waals surface area contributed by atoms with Crippen molar-refractivity contribution in [2.75, 3.05) is 7.11 Å². The highest BCUT2D eigenvalue weighted by Gasteiger charge is 2.42. The van der Waals surface area contributed by atoms with Crippen LogP contribution in [0.4, 0.5) is 0 Å². The van der Waals surface area contributed by atoms with Gasteiger partial charge in [-0.25, -0.2) is 0 Å². The lowest BCUT2D eigenvalue weighted by molar-refractivity contribution is -0.144. The maximum atomic E-state index is 11.2. The van der Waals surface area contributed by atoms with Gasteiger partial charge in [-0.3, -0.25) is 9.69 Å². The van der Waals surface area contributed by atoms with Crippen LogP contribution in [0.15, 0.2) is 24.3 Å². The predicted octanol–water partition coefficient (Wildman–Crippen LogP) is 2.52. The molecule has 4 heteroatoms. The number of benzene rings is 1. The second kappa shape index (κ2) is 5.44. The first-order chi connectivity index (χ1) is 9.67. The molecule has 1 aromatic carbocycles. The van der Waals surface area contributed by atoms with Crippen LogP contribution in [0.25, 0.3) is 0 Å². The van der Waals surface area contributed by atoms with Gasteiger partial charge in [0.1, 0.15) is 5.75 Å². The maximum Gasteiger partial charge on any atom is 0.306 e. The zero-order valence-corrected chi connectivity index (χ0v) is 11.8. The summed E-state index contributed by atoms with van der Waals surface area (Å²) in [6.07, 6.45) is 3.90. The van der Waals surface area contributed by atoms with Gasteiger partial charge in [0.05, 0.1) is 13.0 Å². The molecule has 2 atom stereocenters. The van der Waals surface area contributed by atoms with E-state index in [-0.39, 0.29) is 5.92 Å². The van der Waals surface area contributed by atoms with Gasteiger partial charge in [-0.2, -0.15) is 0 Å². The highest BCUT2D eigenvalue weighted by atomic mass is 16.5.